The van der Waals surface area contributed by atoms with E-state index in [1.54, 1.807) is 0 Å². The number of hydrogen-bond acceptors (Lipinski definition) is 4. The second-order valence-electron chi connectivity index (χ2n) is 33.4. The Hall–Kier alpha value is -14.6. The van der Waals surface area contributed by atoms with Crippen LogP contribution >= 0.6 is 11.6 Å². The molecule has 576 valence electrons. The van der Waals surface area contributed by atoms with E-state index in [9.17, 15) is 0 Å². The van der Waals surface area contributed by atoms with Crippen LogP contribution in [0, 0.1) is 0 Å². The van der Waals surface area contributed by atoms with Crippen molar-refractivity contribution in [1.82, 2.24) is 0 Å². The minimum Gasteiger partial charge on any atom is -0.456 e. The maximum Gasteiger partial charge on any atom is 0.137 e. The van der Waals surface area contributed by atoms with Crippen LogP contribution in [0.2, 0.25) is 5.02 Å². The molecule has 0 saturated heterocycles. The summed E-state index contributed by atoms with van der Waals surface area (Å²) in [5.74, 6) is 0. The van der Waals surface area contributed by atoms with Crippen molar-refractivity contribution in [3.63, 3.8) is 0 Å². The average Bonchev–Trinajstić information content (AvgIpc) is 1.54. The van der Waals surface area contributed by atoms with E-state index >= 15 is 0 Å². The quantitative estimate of drug-likeness (QED) is 0.140. The summed E-state index contributed by atoms with van der Waals surface area (Å²) in [6.07, 6.45) is 0. The lowest BCUT2D eigenvalue weighted by Gasteiger charge is -2.35. The van der Waals surface area contributed by atoms with Gasteiger partial charge in [-0.05, 0) is 218 Å². The lowest BCUT2D eigenvalue weighted by Crippen LogP contribution is -2.28. The number of furan rings is 2. The Bertz CT molecular complexity index is 7350. The SMILES string of the molecule is CC1(C)c2ccccc2-c2cccc(-c3ccc(Cl)cc3)c21.CC1(C)c2ccccc2-c2cccc(-c3ccc(N(c4ccc5c(c4)C(c4ccccc4)(c4ccccc4)c4ccccc4-5)c4ccc5c(c4)oc4ccccc45)cc3)c21.c1ccc(C2(c3ccccc3)c3ccccc3-c3ccc(Nc4ccc5c(c4)oc4ccccc45)cc32)cc1. The van der Waals surface area contributed by atoms with Crippen LogP contribution in [0.4, 0.5) is 28.4 Å². The highest BCUT2D eigenvalue weighted by atomic mass is 35.5. The molecule has 4 aliphatic rings. The molecule has 0 saturated carbocycles. The summed E-state index contributed by atoms with van der Waals surface area (Å²) in [4.78, 5) is 2.40. The third kappa shape index (κ3) is 11.6. The van der Waals surface area contributed by atoms with Gasteiger partial charge in [0.25, 0.3) is 0 Å². The Morgan fingerprint density at radius 1 is 0.231 bits per heavy atom. The van der Waals surface area contributed by atoms with E-state index < -0.39 is 10.8 Å². The Morgan fingerprint density at radius 2 is 0.554 bits per heavy atom. The molecule has 2 heterocycles. The molecule has 0 spiro atoms. The van der Waals surface area contributed by atoms with E-state index in [-0.39, 0.29) is 10.8 Å². The first-order chi connectivity index (χ1) is 59.4. The standard InChI is InChI=1S/C58H41NO.C37H25NO.C21H17Cl/c1-57(2)51-25-12-9-21-46(51)50-24-15-23-44(56(50)57)38-28-30-41(31-29-38)59(43-33-35-49-48-22-11-14-27-54(48)60-55(49)37-43)42-32-34-47-45-20-10-13-26-52(45)58(53(47)36-42,39-16-5-3-6-17-39)40-18-7-4-8-19-40;1-3-11-25(12-4-1)37(26-13-5-2-6-14-26)33-17-9-7-15-29(33)30-21-19-27(23-34(30)37)38-28-20-22-32-31-16-8-10-18-35(31)39-36(32)24-28;1-21(2)19-9-4-3-6-17(19)18-8-5-7-16(20(18)21)14-10-12-15(22)13-11-14/h3-37H,1-2H3;1-24,38H;3-13H,1-2H3. The Labute approximate surface area is 710 Å². The summed E-state index contributed by atoms with van der Waals surface area (Å²) in [5.41, 5.74) is 39.1. The first kappa shape index (κ1) is 72.9. The van der Waals surface area contributed by atoms with E-state index in [0.29, 0.717) is 0 Å². The minimum absolute atomic E-state index is 0.0160. The molecule has 5 heteroatoms. The molecule has 0 amide bonds. The number of hydrogen-bond donors (Lipinski definition) is 1. The molecule has 2 aromatic heterocycles. The summed E-state index contributed by atoms with van der Waals surface area (Å²) >= 11 is 6.05. The lowest BCUT2D eigenvalue weighted by molar-refractivity contribution is 0.662. The number of anilines is 5. The highest BCUT2D eigenvalue weighted by Crippen LogP contribution is 2.61. The molecule has 20 aromatic rings. The molecule has 4 aliphatic carbocycles. The zero-order valence-electron chi connectivity index (χ0n) is 67.6. The van der Waals surface area contributed by atoms with Gasteiger partial charge >= 0.3 is 0 Å². The highest BCUT2D eigenvalue weighted by molar-refractivity contribution is 6.30. The molecular formula is C116H83ClN2O2. The van der Waals surface area contributed by atoms with Gasteiger partial charge in [-0.2, -0.15) is 0 Å². The molecule has 0 fully saturated rings. The van der Waals surface area contributed by atoms with Crippen LogP contribution in [0.25, 0.3) is 111 Å². The van der Waals surface area contributed by atoms with Crippen molar-refractivity contribution >= 4 is 83.9 Å². The van der Waals surface area contributed by atoms with E-state index in [4.69, 9.17) is 20.4 Å². The van der Waals surface area contributed by atoms with Crippen molar-refractivity contribution in [3.05, 3.63) is 496 Å². The number of rotatable bonds is 11. The number of benzene rings is 18. The zero-order chi connectivity index (χ0) is 81.1. The maximum absolute atomic E-state index is 6.52. The van der Waals surface area contributed by atoms with Gasteiger partial charge < -0.3 is 19.1 Å². The van der Waals surface area contributed by atoms with E-state index in [1.165, 1.54) is 134 Å². The van der Waals surface area contributed by atoms with Crippen molar-refractivity contribution in [2.75, 3.05) is 10.2 Å². The van der Waals surface area contributed by atoms with Gasteiger partial charge in [0.05, 0.1) is 10.8 Å². The maximum atomic E-state index is 6.52. The predicted octanol–water partition coefficient (Wildman–Crippen LogP) is 31.4. The smallest absolute Gasteiger partial charge is 0.137 e. The predicted molar refractivity (Wildman–Crippen MR) is 504 cm³/mol. The van der Waals surface area contributed by atoms with Crippen LogP contribution in [0.15, 0.2) is 433 Å². The summed E-state index contributed by atoms with van der Waals surface area (Å²) in [6, 6.07) is 153. The summed E-state index contributed by atoms with van der Waals surface area (Å²) < 4.78 is 12.7. The minimum atomic E-state index is -0.513. The molecule has 18 aromatic carbocycles. The van der Waals surface area contributed by atoms with Crippen LogP contribution in [0.5, 0.6) is 0 Å². The third-order valence-corrected chi connectivity index (χ3v) is 26.5. The average molecular weight is 1570 g/mol. The molecule has 0 atom stereocenters. The van der Waals surface area contributed by atoms with Gasteiger partial charge in [0, 0.05) is 78.0 Å². The summed E-state index contributed by atoms with van der Waals surface area (Å²) in [5, 5.41) is 8.97. The number of fused-ring (bicyclic) bond motifs is 18. The first-order valence-electron chi connectivity index (χ1n) is 41.9. The number of halogens is 1. The van der Waals surface area contributed by atoms with E-state index in [2.05, 4.69) is 432 Å². The van der Waals surface area contributed by atoms with E-state index in [0.717, 1.165) is 77.3 Å². The van der Waals surface area contributed by atoms with Crippen LogP contribution in [0.3, 0.4) is 0 Å². The monoisotopic (exact) mass is 1570 g/mol. The third-order valence-electron chi connectivity index (χ3n) is 26.2. The van der Waals surface area contributed by atoms with Crippen molar-refractivity contribution in [2.24, 2.45) is 0 Å². The second-order valence-corrected chi connectivity index (χ2v) is 33.9. The van der Waals surface area contributed by atoms with Crippen LogP contribution < -0.4 is 10.2 Å². The van der Waals surface area contributed by atoms with Gasteiger partial charge in [-0.25, -0.2) is 0 Å². The van der Waals surface area contributed by atoms with E-state index in [1.807, 2.05) is 30.3 Å². The lowest BCUT2D eigenvalue weighted by atomic mass is 9.67. The van der Waals surface area contributed by atoms with Crippen LogP contribution in [0.1, 0.15) is 94.5 Å². The summed E-state index contributed by atoms with van der Waals surface area (Å²) in [6.45, 7) is 9.36. The Kier molecular flexibility index (Phi) is 17.4. The fraction of sp³-hybridized carbons (Fsp3) is 0.0690. The number of nitrogens with zero attached hydrogens (tertiary/aromatic N) is 1. The molecule has 4 nitrogen and oxygen atoms in total. The highest BCUT2D eigenvalue weighted by Gasteiger charge is 2.49. The van der Waals surface area contributed by atoms with Gasteiger partial charge in [-0.3, -0.25) is 0 Å². The first-order valence-corrected chi connectivity index (χ1v) is 42.2. The molecule has 24 rings (SSSR count). The van der Waals surface area contributed by atoms with Gasteiger partial charge in [0.15, 0.2) is 0 Å². The van der Waals surface area contributed by atoms with Crippen molar-refractivity contribution in [1.29, 1.82) is 0 Å². The van der Waals surface area contributed by atoms with Gasteiger partial charge in [-0.1, -0.05) is 367 Å². The fourth-order valence-corrected chi connectivity index (χ4v) is 21.1. The molecule has 0 unspecified atom stereocenters. The number of para-hydroxylation sites is 2. The largest absolute Gasteiger partial charge is 0.456 e. The molecular weight excluding hydrogens is 1490 g/mol. The van der Waals surface area contributed by atoms with Crippen molar-refractivity contribution in [2.45, 2.75) is 49.4 Å². The van der Waals surface area contributed by atoms with Crippen molar-refractivity contribution in [3.8, 4) is 66.8 Å². The van der Waals surface area contributed by atoms with Gasteiger partial charge in [-0.15, -0.1) is 0 Å². The molecule has 0 aliphatic heterocycles. The van der Waals surface area contributed by atoms with Crippen LogP contribution in [-0.4, -0.2) is 0 Å². The zero-order valence-corrected chi connectivity index (χ0v) is 68.3. The molecule has 0 bridgehead atoms. The summed E-state index contributed by atoms with van der Waals surface area (Å²) in [7, 11) is 0. The topological polar surface area (TPSA) is 41.6 Å². The Morgan fingerprint density at radius 3 is 1.04 bits per heavy atom. The normalized spacial score (nSPS) is 13.9. The second kappa shape index (κ2) is 28.9. The molecule has 1 N–H and O–H groups in total. The number of nitrogens with one attached hydrogen (secondary N) is 1. The fourth-order valence-electron chi connectivity index (χ4n) is 21.0. The van der Waals surface area contributed by atoms with Gasteiger partial charge in [0.1, 0.15) is 22.3 Å². The molecule has 121 heavy (non-hydrogen) atoms. The van der Waals surface area contributed by atoms with Crippen LogP contribution in [-0.2, 0) is 21.7 Å². The van der Waals surface area contributed by atoms with Gasteiger partial charge in [0.2, 0.25) is 0 Å². The van der Waals surface area contributed by atoms with Crippen molar-refractivity contribution < 1.29 is 8.83 Å². The Balaban J connectivity index is 0.000000122. The molecule has 0 radical (unpaired) electrons.